The largest absolute Gasteiger partial charge is 0.379 e. The third-order valence-electron chi connectivity index (χ3n) is 6.27. The Labute approximate surface area is 190 Å². The highest BCUT2D eigenvalue weighted by Crippen LogP contribution is 2.24. The highest BCUT2D eigenvalue weighted by Gasteiger charge is 2.33. The van der Waals surface area contributed by atoms with Crippen LogP contribution in [-0.4, -0.2) is 77.0 Å². The van der Waals surface area contributed by atoms with Gasteiger partial charge in [-0.25, -0.2) is 0 Å². The minimum Gasteiger partial charge on any atom is -0.379 e. The summed E-state index contributed by atoms with van der Waals surface area (Å²) in [6.45, 7) is 17.7. The molecule has 5 saturated heterocycles. The third-order valence-corrected chi connectivity index (χ3v) is 6.27. The van der Waals surface area contributed by atoms with Crippen LogP contribution in [-0.2, 0) is 4.74 Å². The number of ether oxygens (including phenoxy) is 1. The fourth-order valence-corrected chi connectivity index (χ4v) is 4.22. The van der Waals surface area contributed by atoms with Gasteiger partial charge < -0.3 is 25.6 Å². The zero-order valence-corrected chi connectivity index (χ0v) is 18.4. The lowest BCUT2D eigenvalue weighted by Crippen LogP contribution is -2.39. The lowest BCUT2D eigenvalue weighted by atomic mass is 10.0. The van der Waals surface area contributed by atoms with Gasteiger partial charge in [-0.1, -0.05) is 36.1 Å². The summed E-state index contributed by atoms with van der Waals surface area (Å²) in [4.78, 5) is 2.44. The Morgan fingerprint density at radius 2 is 1.27 bits per heavy atom. The molecule has 3 N–H and O–H groups in total. The molecular formula is C25H58N4O. The van der Waals surface area contributed by atoms with Crippen molar-refractivity contribution in [3.8, 4) is 0 Å². The van der Waals surface area contributed by atoms with Crippen LogP contribution in [0.1, 0.15) is 68.7 Å². The monoisotopic (exact) mass is 430 g/mol. The van der Waals surface area contributed by atoms with Crippen molar-refractivity contribution in [1.29, 1.82) is 0 Å². The summed E-state index contributed by atoms with van der Waals surface area (Å²) in [5.74, 6) is 3.82. The SMILES string of the molecule is C.C.C.CC1CCCCO1.CC1CCNC1.CC1CNC1.CN1CC2CNCC2C1. The third kappa shape index (κ3) is 13.3. The van der Waals surface area contributed by atoms with Gasteiger partial charge in [0, 0.05) is 19.7 Å². The summed E-state index contributed by atoms with van der Waals surface area (Å²) < 4.78 is 5.28. The standard InChI is InChI=1S/C7H14N2.C6H12O.C5H11N.C4H9N.3CH4/c1-9-4-6-2-8-3-7(6)5-9;1-6-4-2-3-5-7-6;1-5-2-3-6-4-5;1-4-2-5-3-4;;;/h6-8H,2-5H2,1H3;6H,2-5H2,1H3;5-6H,2-4H2,1H3;4-5H,2-3H2,1H3;3*1H4. The first-order chi connectivity index (χ1) is 13.0. The summed E-state index contributed by atoms with van der Waals surface area (Å²) >= 11 is 0. The highest BCUT2D eigenvalue weighted by atomic mass is 16.5. The van der Waals surface area contributed by atoms with Crippen molar-refractivity contribution in [2.45, 2.75) is 74.8 Å². The van der Waals surface area contributed by atoms with Crippen molar-refractivity contribution < 1.29 is 4.74 Å². The summed E-state index contributed by atoms with van der Waals surface area (Å²) in [6.07, 6.45) is 5.81. The number of nitrogens with zero attached hydrogens (tertiary/aromatic N) is 1. The first-order valence-electron chi connectivity index (χ1n) is 11.5. The van der Waals surface area contributed by atoms with Crippen LogP contribution in [0.5, 0.6) is 0 Å². The Morgan fingerprint density at radius 1 is 0.700 bits per heavy atom. The van der Waals surface area contributed by atoms with Crippen LogP contribution in [0.2, 0.25) is 0 Å². The van der Waals surface area contributed by atoms with E-state index in [4.69, 9.17) is 4.74 Å². The quantitative estimate of drug-likeness (QED) is 0.540. The molecule has 0 aromatic carbocycles. The molecule has 184 valence electrons. The molecule has 0 spiro atoms. The lowest BCUT2D eigenvalue weighted by Gasteiger charge is -2.21. The van der Waals surface area contributed by atoms with E-state index in [0.29, 0.717) is 6.10 Å². The van der Waals surface area contributed by atoms with Crippen LogP contribution in [0.4, 0.5) is 0 Å². The number of rotatable bonds is 0. The predicted octanol–water partition coefficient (Wildman–Crippen LogP) is 4.09. The molecule has 0 aromatic rings. The Morgan fingerprint density at radius 3 is 1.53 bits per heavy atom. The van der Waals surface area contributed by atoms with Crippen LogP contribution in [0.15, 0.2) is 0 Å². The van der Waals surface area contributed by atoms with E-state index in [1.165, 1.54) is 78.0 Å². The van der Waals surface area contributed by atoms with Crippen molar-refractivity contribution in [3.63, 3.8) is 0 Å². The second-order valence-corrected chi connectivity index (χ2v) is 9.44. The van der Waals surface area contributed by atoms with Gasteiger partial charge in [0.25, 0.3) is 0 Å². The molecule has 5 fully saturated rings. The van der Waals surface area contributed by atoms with E-state index in [2.05, 4.69) is 48.7 Å². The summed E-state index contributed by atoms with van der Waals surface area (Å²) in [6, 6.07) is 0. The maximum absolute atomic E-state index is 5.28. The van der Waals surface area contributed by atoms with Gasteiger partial charge in [0.05, 0.1) is 6.10 Å². The molecule has 5 rings (SSSR count). The molecule has 0 aromatic heterocycles. The Hall–Kier alpha value is -0.200. The van der Waals surface area contributed by atoms with E-state index >= 15 is 0 Å². The fourth-order valence-electron chi connectivity index (χ4n) is 4.22. The van der Waals surface area contributed by atoms with E-state index in [1.807, 2.05) is 0 Å². The summed E-state index contributed by atoms with van der Waals surface area (Å²) in [5, 5.41) is 9.85. The zero-order chi connectivity index (χ0) is 19.5. The molecular weight excluding hydrogens is 372 g/mol. The van der Waals surface area contributed by atoms with Gasteiger partial charge in [0.1, 0.15) is 0 Å². The molecule has 0 saturated carbocycles. The van der Waals surface area contributed by atoms with Gasteiger partial charge in [-0.3, -0.25) is 0 Å². The van der Waals surface area contributed by atoms with Gasteiger partial charge in [-0.15, -0.1) is 0 Å². The molecule has 0 amide bonds. The molecule has 4 atom stereocenters. The summed E-state index contributed by atoms with van der Waals surface area (Å²) in [7, 11) is 2.22. The van der Waals surface area contributed by atoms with Crippen molar-refractivity contribution in [2.75, 3.05) is 66.0 Å². The second-order valence-electron chi connectivity index (χ2n) is 9.44. The van der Waals surface area contributed by atoms with Crippen molar-refractivity contribution in [2.24, 2.45) is 23.7 Å². The number of hydrogen-bond donors (Lipinski definition) is 3. The first kappa shape index (κ1) is 32.0. The second kappa shape index (κ2) is 18.4. The lowest BCUT2D eigenvalue weighted by molar-refractivity contribution is 0.0285. The van der Waals surface area contributed by atoms with Crippen LogP contribution in [0.3, 0.4) is 0 Å². The molecule has 0 aliphatic carbocycles. The predicted molar refractivity (Wildman–Crippen MR) is 135 cm³/mol. The molecule has 5 heteroatoms. The van der Waals surface area contributed by atoms with Crippen LogP contribution >= 0.6 is 0 Å². The fraction of sp³-hybridized carbons (Fsp3) is 1.00. The molecule has 5 nitrogen and oxygen atoms in total. The van der Waals surface area contributed by atoms with Crippen molar-refractivity contribution >= 4 is 0 Å². The molecule has 5 heterocycles. The van der Waals surface area contributed by atoms with Gasteiger partial charge in [-0.05, 0) is 103 Å². The van der Waals surface area contributed by atoms with Gasteiger partial charge >= 0.3 is 0 Å². The normalized spacial score (nSPS) is 32.0. The van der Waals surface area contributed by atoms with Crippen LogP contribution < -0.4 is 16.0 Å². The maximum Gasteiger partial charge on any atom is 0.0547 e. The topological polar surface area (TPSA) is 48.6 Å². The van der Waals surface area contributed by atoms with Crippen molar-refractivity contribution in [3.05, 3.63) is 0 Å². The van der Waals surface area contributed by atoms with E-state index in [9.17, 15) is 0 Å². The Bertz CT molecular complexity index is 354. The highest BCUT2D eigenvalue weighted by molar-refractivity contribution is 4.89. The molecule has 0 bridgehead atoms. The first-order valence-corrected chi connectivity index (χ1v) is 11.5. The average molecular weight is 431 g/mol. The molecule has 4 unspecified atom stereocenters. The Balaban J connectivity index is 0. The van der Waals surface area contributed by atoms with Gasteiger partial charge in [0.15, 0.2) is 0 Å². The maximum atomic E-state index is 5.28. The smallest absolute Gasteiger partial charge is 0.0547 e. The van der Waals surface area contributed by atoms with E-state index < -0.39 is 0 Å². The Kier molecular flexibility index (Phi) is 19.6. The number of hydrogen-bond acceptors (Lipinski definition) is 5. The molecule has 5 aliphatic rings. The van der Waals surface area contributed by atoms with Gasteiger partial charge in [0.2, 0.25) is 0 Å². The molecule has 30 heavy (non-hydrogen) atoms. The number of likely N-dealkylation sites (tertiary alicyclic amines) is 1. The number of fused-ring (bicyclic) bond motifs is 1. The molecule has 0 radical (unpaired) electrons. The van der Waals surface area contributed by atoms with Gasteiger partial charge in [-0.2, -0.15) is 0 Å². The van der Waals surface area contributed by atoms with E-state index in [1.54, 1.807) is 0 Å². The minimum absolute atomic E-state index is 0. The van der Waals surface area contributed by atoms with Crippen LogP contribution in [0, 0.1) is 23.7 Å². The van der Waals surface area contributed by atoms with E-state index in [-0.39, 0.29) is 22.3 Å². The van der Waals surface area contributed by atoms with Crippen LogP contribution in [0.25, 0.3) is 0 Å². The van der Waals surface area contributed by atoms with E-state index in [0.717, 1.165) is 30.3 Å². The minimum atomic E-state index is 0. The average Bonchev–Trinajstić information content (AvgIpc) is 3.33. The summed E-state index contributed by atoms with van der Waals surface area (Å²) in [5.41, 5.74) is 0. The number of nitrogens with one attached hydrogen (secondary N) is 3. The van der Waals surface area contributed by atoms with Crippen molar-refractivity contribution in [1.82, 2.24) is 20.9 Å². The molecule has 5 aliphatic heterocycles. The zero-order valence-electron chi connectivity index (χ0n) is 18.4.